The minimum absolute atomic E-state index is 0.508. The molecule has 0 spiro atoms. The molecule has 2 aromatic rings. The van der Waals surface area contributed by atoms with Gasteiger partial charge in [0.25, 0.3) is 0 Å². The minimum atomic E-state index is -0.508. The molecule has 0 fully saturated rings. The number of halogens is 1. The van der Waals surface area contributed by atoms with Crippen LogP contribution in [0.1, 0.15) is 18.6 Å². The highest BCUT2D eigenvalue weighted by molar-refractivity contribution is 9.10. The maximum atomic E-state index is 9.48. The Morgan fingerprint density at radius 3 is 2.92 bits per heavy atom. The van der Waals surface area contributed by atoms with Crippen molar-refractivity contribution in [2.45, 2.75) is 13.0 Å². The lowest BCUT2D eigenvalue weighted by Crippen LogP contribution is -1.91. The molecule has 1 aromatic carbocycles. The van der Waals surface area contributed by atoms with Gasteiger partial charge in [-0.3, -0.25) is 0 Å². The molecule has 0 aliphatic carbocycles. The van der Waals surface area contributed by atoms with E-state index in [0.717, 1.165) is 21.0 Å². The van der Waals surface area contributed by atoms with Crippen LogP contribution in [-0.2, 0) is 0 Å². The van der Waals surface area contributed by atoms with Crippen LogP contribution < -0.4 is 0 Å². The van der Waals surface area contributed by atoms with E-state index in [4.69, 9.17) is 4.42 Å². The first-order valence-electron chi connectivity index (χ1n) is 4.03. The fourth-order valence-corrected chi connectivity index (χ4v) is 1.88. The molecule has 0 aliphatic rings. The summed E-state index contributed by atoms with van der Waals surface area (Å²) in [6, 6.07) is 5.72. The van der Waals surface area contributed by atoms with Crippen LogP contribution in [0.15, 0.2) is 33.4 Å². The molecule has 2 rings (SSSR count). The van der Waals surface area contributed by atoms with Crippen LogP contribution in [0.4, 0.5) is 0 Å². The summed E-state index contributed by atoms with van der Waals surface area (Å²) in [5.41, 5.74) is 1.58. The summed E-state index contributed by atoms with van der Waals surface area (Å²) in [5.74, 6) is 0. The molecule has 1 aromatic heterocycles. The molecular formula is C10H9BrO2. The maximum Gasteiger partial charge on any atom is 0.139 e. The number of fused-ring (bicyclic) bond motifs is 1. The summed E-state index contributed by atoms with van der Waals surface area (Å²) in [7, 11) is 0. The Labute approximate surface area is 84.3 Å². The van der Waals surface area contributed by atoms with E-state index in [1.54, 1.807) is 13.2 Å². The maximum absolute atomic E-state index is 9.48. The van der Waals surface area contributed by atoms with E-state index in [2.05, 4.69) is 15.9 Å². The van der Waals surface area contributed by atoms with Gasteiger partial charge in [0.05, 0.1) is 12.4 Å². The molecule has 1 heterocycles. The Bertz CT molecular complexity index is 431. The number of hydrogen-bond acceptors (Lipinski definition) is 2. The third-order valence-electron chi connectivity index (χ3n) is 1.99. The van der Waals surface area contributed by atoms with Crippen LogP contribution in [0.5, 0.6) is 0 Å². The van der Waals surface area contributed by atoms with E-state index < -0.39 is 6.10 Å². The molecule has 3 heteroatoms. The number of furan rings is 1. The SMILES string of the molecule is CC(O)c1cc(Br)cc2ccoc12. The molecular weight excluding hydrogens is 232 g/mol. The van der Waals surface area contributed by atoms with Gasteiger partial charge in [-0.05, 0) is 25.1 Å². The molecule has 0 saturated carbocycles. The Morgan fingerprint density at radius 1 is 1.46 bits per heavy atom. The van der Waals surface area contributed by atoms with E-state index in [1.165, 1.54) is 0 Å². The standard InChI is InChI=1S/C10H9BrO2/c1-6(12)9-5-8(11)4-7-2-3-13-10(7)9/h2-6,12H,1H3. The van der Waals surface area contributed by atoms with Gasteiger partial charge >= 0.3 is 0 Å². The molecule has 0 amide bonds. The fraction of sp³-hybridized carbons (Fsp3) is 0.200. The molecule has 13 heavy (non-hydrogen) atoms. The summed E-state index contributed by atoms with van der Waals surface area (Å²) in [6.45, 7) is 1.73. The van der Waals surface area contributed by atoms with Crippen molar-refractivity contribution in [2.24, 2.45) is 0 Å². The number of rotatable bonds is 1. The summed E-state index contributed by atoms with van der Waals surface area (Å²) in [4.78, 5) is 0. The van der Waals surface area contributed by atoms with Crippen LogP contribution in [-0.4, -0.2) is 5.11 Å². The van der Waals surface area contributed by atoms with Crippen molar-refractivity contribution in [1.29, 1.82) is 0 Å². The number of aliphatic hydroxyl groups excluding tert-OH is 1. The van der Waals surface area contributed by atoms with Crippen molar-refractivity contribution in [1.82, 2.24) is 0 Å². The first-order chi connectivity index (χ1) is 6.18. The van der Waals surface area contributed by atoms with Crippen molar-refractivity contribution in [3.05, 3.63) is 34.5 Å². The van der Waals surface area contributed by atoms with Crippen molar-refractivity contribution in [3.8, 4) is 0 Å². The molecule has 0 aliphatic heterocycles. The first kappa shape index (κ1) is 8.78. The van der Waals surface area contributed by atoms with Crippen molar-refractivity contribution in [3.63, 3.8) is 0 Å². The van der Waals surface area contributed by atoms with Gasteiger partial charge in [0.2, 0.25) is 0 Å². The average molecular weight is 241 g/mol. The quantitative estimate of drug-likeness (QED) is 0.831. The topological polar surface area (TPSA) is 33.4 Å². The summed E-state index contributed by atoms with van der Waals surface area (Å²) in [5, 5.41) is 10.5. The second-order valence-electron chi connectivity index (χ2n) is 3.01. The molecule has 2 nitrogen and oxygen atoms in total. The van der Waals surface area contributed by atoms with Crippen LogP contribution in [0.2, 0.25) is 0 Å². The first-order valence-corrected chi connectivity index (χ1v) is 4.82. The van der Waals surface area contributed by atoms with Crippen molar-refractivity contribution >= 4 is 26.9 Å². The zero-order chi connectivity index (χ0) is 9.42. The highest BCUT2D eigenvalue weighted by Crippen LogP contribution is 2.29. The Balaban J connectivity index is 2.77. The van der Waals surface area contributed by atoms with Gasteiger partial charge in [0.1, 0.15) is 5.58 Å². The van der Waals surface area contributed by atoms with Gasteiger partial charge in [-0.15, -0.1) is 0 Å². The molecule has 1 N–H and O–H groups in total. The van der Waals surface area contributed by atoms with Crippen LogP contribution >= 0.6 is 15.9 Å². The van der Waals surface area contributed by atoms with E-state index in [9.17, 15) is 5.11 Å². The third-order valence-corrected chi connectivity index (χ3v) is 2.45. The summed E-state index contributed by atoms with van der Waals surface area (Å²) >= 11 is 3.38. The monoisotopic (exact) mass is 240 g/mol. The van der Waals surface area contributed by atoms with Gasteiger partial charge in [0.15, 0.2) is 0 Å². The Hall–Kier alpha value is -0.800. The lowest BCUT2D eigenvalue weighted by molar-refractivity contribution is 0.199. The predicted octanol–water partition coefficient (Wildman–Crippen LogP) is 3.25. The lowest BCUT2D eigenvalue weighted by atomic mass is 10.1. The van der Waals surface area contributed by atoms with Gasteiger partial charge < -0.3 is 9.52 Å². The van der Waals surface area contributed by atoms with E-state index in [0.29, 0.717) is 0 Å². The fourth-order valence-electron chi connectivity index (χ4n) is 1.38. The number of hydrogen-bond donors (Lipinski definition) is 1. The molecule has 0 saturated heterocycles. The molecule has 1 atom stereocenters. The van der Waals surface area contributed by atoms with Gasteiger partial charge in [0, 0.05) is 15.4 Å². The second-order valence-corrected chi connectivity index (χ2v) is 3.93. The normalized spacial score (nSPS) is 13.5. The smallest absolute Gasteiger partial charge is 0.139 e. The van der Waals surface area contributed by atoms with Crippen LogP contribution in [0.25, 0.3) is 11.0 Å². The highest BCUT2D eigenvalue weighted by Gasteiger charge is 2.10. The second kappa shape index (κ2) is 3.16. The molecule has 0 bridgehead atoms. The summed E-state index contributed by atoms with van der Waals surface area (Å²) in [6.07, 6.45) is 1.12. The van der Waals surface area contributed by atoms with Crippen molar-refractivity contribution in [2.75, 3.05) is 0 Å². The highest BCUT2D eigenvalue weighted by atomic mass is 79.9. The van der Waals surface area contributed by atoms with Crippen molar-refractivity contribution < 1.29 is 9.52 Å². The van der Waals surface area contributed by atoms with Gasteiger partial charge in [-0.2, -0.15) is 0 Å². The van der Waals surface area contributed by atoms with Gasteiger partial charge in [-0.1, -0.05) is 15.9 Å². The third kappa shape index (κ3) is 1.49. The zero-order valence-corrected chi connectivity index (χ0v) is 8.71. The lowest BCUT2D eigenvalue weighted by Gasteiger charge is -2.05. The minimum Gasteiger partial charge on any atom is -0.464 e. The Kier molecular flexibility index (Phi) is 2.14. The average Bonchev–Trinajstić information content (AvgIpc) is 2.49. The predicted molar refractivity (Wildman–Crippen MR) is 54.5 cm³/mol. The van der Waals surface area contributed by atoms with Crippen LogP contribution in [0, 0.1) is 0 Å². The van der Waals surface area contributed by atoms with E-state index in [-0.39, 0.29) is 0 Å². The summed E-state index contributed by atoms with van der Waals surface area (Å²) < 4.78 is 6.24. The van der Waals surface area contributed by atoms with E-state index >= 15 is 0 Å². The largest absolute Gasteiger partial charge is 0.464 e. The molecule has 0 radical (unpaired) electrons. The van der Waals surface area contributed by atoms with Crippen LogP contribution in [0.3, 0.4) is 0 Å². The molecule has 68 valence electrons. The van der Waals surface area contributed by atoms with E-state index in [1.807, 2.05) is 18.2 Å². The molecule has 1 unspecified atom stereocenters. The van der Waals surface area contributed by atoms with Gasteiger partial charge in [-0.25, -0.2) is 0 Å². The number of aliphatic hydroxyl groups is 1. The number of benzene rings is 1. The Morgan fingerprint density at radius 2 is 2.23 bits per heavy atom. The zero-order valence-electron chi connectivity index (χ0n) is 7.12.